The van der Waals surface area contributed by atoms with Crippen molar-refractivity contribution in [1.82, 2.24) is 0 Å². The lowest BCUT2D eigenvalue weighted by Crippen LogP contribution is -2.22. The van der Waals surface area contributed by atoms with Crippen LogP contribution >= 0.6 is 0 Å². The molecule has 1 aliphatic carbocycles. The summed E-state index contributed by atoms with van der Waals surface area (Å²) in [6, 6.07) is 0. The third-order valence-electron chi connectivity index (χ3n) is 2.58. The van der Waals surface area contributed by atoms with E-state index in [1.54, 1.807) is 7.11 Å². The lowest BCUT2D eigenvalue weighted by molar-refractivity contribution is 0.0436. The molecule has 0 aromatic rings. The fourth-order valence-electron chi connectivity index (χ4n) is 1.74. The maximum absolute atomic E-state index is 5.28. The average Bonchev–Trinajstić information content (AvgIpc) is 2.15. The minimum Gasteiger partial charge on any atom is -0.502 e. The van der Waals surface area contributed by atoms with E-state index >= 15 is 0 Å². The third-order valence-corrected chi connectivity index (χ3v) is 2.58. The highest BCUT2D eigenvalue weighted by Crippen LogP contribution is 2.25. The molecule has 0 amide bonds. The van der Waals surface area contributed by atoms with E-state index in [2.05, 4.69) is 6.58 Å². The zero-order valence-electron chi connectivity index (χ0n) is 7.79. The van der Waals surface area contributed by atoms with Gasteiger partial charge < -0.3 is 9.47 Å². The summed E-state index contributed by atoms with van der Waals surface area (Å²) in [7, 11) is 1.80. The molecule has 0 spiro atoms. The second-order valence-electron chi connectivity index (χ2n) is 3.38. The Hall–Kier alpha value is -0.500. The summed E-state index contributed by atoms with van der Waals surface area (Å²) in [4.78, 5) is 0. The van der Waals surface area contributed by atoms with E-state index in [4.69, 9.17) is 9.47 Å². The molecule has 2 nitrogen and oxygen atoms in total. The van der Waals surface area contributed by atoms with Gasteiger partial charge in [0.15, 0.2) is 0 Å². The number of methoxy groups -OCH3 is 1. The summed E-state index contributed by atoms with van der Waals surface area (Å²) >= 11 is 0. The van der Waals surface area contributed by atoms with Crippen LogP contribution in [0.15, 0.2) is 12.8 Å². The van der Waals surface area contributed by atoms with Crippen LogP contribution in [0.5, 0.6) is 0 Å². The Morgan fingerprint density at radius 3 is 2.50 bits per heavy atom. The minimum atomic E-state index is 0.491. The van der Waals surface area contributed by atoms with Crippen LogP contribution in [0.2, 0.25) is 0 Å². The van der Waals surface area contributed by atoms with Gasteiger partial charge in [0, 0.05) is 7.11 Å². The van der Waals surface area contributed by atoms with Gasteiger partial charge in [-0.05, 0) is 31.6 Å². The smallest absolute Gasteiger partial charge is 0.0901 e. The third kappa shape index (κ3) is 2.86. The van der Waals surface area contributed by atoms with Crippen LogP contribution < -0.4 is 0 Å². The number of rotatable bonds is 4. The first-order valence-electron chi connectivity index (χ1n) is 4.62. The largest absolute Gasteiger partial charge is 0.502 e. The molecule has 0 aromatic heterocycles. The van der Waals surface area contributed by atoms with Gasteiger partial charge in [-0.15, -0.1) is 0 Å². The summed E-state index contributed by atoms with van der Waals surface area (Å²) in [5.41, 5.74) is 0. The van der Waals surface area contributed by atoms with Crippen molar-refractivity contribution in [1.29, 1.82) is 0 Å². The first-order chi connectivity index (χ1) is 5.86. The van der Waals surface area contributed by atoms with Crippen LogP contribution in [0.4, 0.5) is 0 Å². The Labute approximate surface area is 74.6 Å². The molecule has 1 aliphatic rings. The molecule has 2 heteroatoms. The fourth-order valence-corrected chi connectivity index (χ4v) is 1.74. The Morgan fingerprint density at radius 2 is 2.00 bits per heavy atom. The molecule has 1 rings (SSSR count). The van der Waals surface area contributed by atoms with Crippen LogP contribution in [-0.2, 0) is 9.47 Å². The molecule has 12 heavy (non-hydrogen) atoms. The summed E-state index contributed by atoms with van der Waals surface area (Å²) in [6.07, 6.45) is 6.84. The Morgan fingerprint density at radius 1 is 1.33 bits per heavy atom. The van der Waals surface area contributed by atoms with Crippen LogP contribution in [-0.4, -0.2) is 19.8 Å². The van der Waals surface area contributed by atoms with E-state index in [-0.39, 0.29) is 0 Å². The van der Waals surface area contributed by atoms with E-state index in [1.165, 1.54) is 31.9 Å². The van der Waals surface area contributed by atoms with Crippen molar-refractivity contribution < 1.29 is 9.47 Å². The monoisotopic (exact) mass is 170 g/mol. The van der Waals surface area contributed by atoms with Crippen molar-refractivity contribution >= 4 is 0 Å². The molecule has 1 saturated carbocycles. The van der Waals surface area contributed by atoms with Crippen molar-refractivity contribution in [2.45, 2.75) is 31.8 Å². The molecule has 0 N–H and O–H groups in total. The van der Waals surface area contributed by atoms with E-state index in [9.17, 15) is 0 Å². The molecule has 0 saturated heterocycles. The second-order valence-corrected chi connectivity index (χ2v) is 3.38. The van der Waals surface area contributed by atoms with Crippen LogP contribution in [0.25, 0.3) is 0 Å². The topological polar surface area (TPSA) is 18.5 Å². The quantitative estimate of drug-likeness (QED) is 0.603. The minimum absolute atomic E-state index is 0.491. The van der Waals surface area contributed by atoms with Crippen LogP contribution in [0.1, 0.15) is 25.7 Å². The van der Waals surface area contributed by atoms with Crippen molar-refractivity contribution in [2.24, 2.45) is 5.92 Å². The van der Waals surface area contributed by atoms with Gasteiger partial charge in [0.2, 0.25) is 0 Å². The number of hydrogen-bond donors (Lipinski definition) is 0. The fraction of sp³-hybridized carbons (Fsp3) is 0.800. The summed E-state index contributed by atoms with van der Waals surface area (Å²) < 4.78 is 10.4. The number of ether oxygens (including phenoxy) is 2. The van der Waals surface area contributed by atoms with Crippen molar-refractivity contribution in [2.75, 3.05) is 13.7 Å². The average molecular weight is 170 g/mol. The van der Waals surface area contributed by atoms with Gasteiger partial charge in [-0.25, -0.2) is 0 Å². The molecule has 0 radical (unpaired) electrons. The van der Waals surface area contributed by atoms with Crippen LogP contribution in [0, 0.1) is 5.92 Å². The van der Waals surface area contributed by atoms with Gasteiger partial charge in [-0.3, -0.25) is 0 Å². The maximum atomic E-state index is 5.28. The predicted molar refractivity (Wildman–Crippen MR) is 48.9 cm³/mol. The van der Waals surface area contributed by atoms with Gasteiger partial charge in [0.25, 0.3) is 0 Å². The highest BCUT2D eigenvalue weighted by Gasteiger charge is 2.20. The molecule has 70 valence electrons. The normalized spacial score (nSPS) is 29.8. The van der Waals surface area contributed by atoms with Gasteiger partial charge >= 0.3 is 0 Å². The van der Waals surface area contributed by atoms with E-state index in [1.807, 2.05) is 0 Å². The zero-order chi connectivity index (χ0) is 8.81. The molecular weight excluding hydrogens is 152 g/mol. The Balaban J connectivity index is 2.12. The van der Waals surface area contributed by atoms with Gasteiger partial charge in [0.05, 0.1) is 19.0 Å². The van der Waals surface area contributed by atoms with Gasteiger partial charge in [-0.1, -0.05) is 6.58 Å². The first-order valence-corrected chi connectivity index (χ1v) is 4.62. The molecule has 0 aromatic carbocycles. The van der Waals surface area contributed by atoms with E-state index in [0.29, 0.717) is 6.10 Å². The number of hydrogen-bond acceptors (Lipinski definition) is 2. The Kier molecular flexibility index (Phi) is 4.15. The lowest BCUT2D eigenvalue weighted by atomic mass is 9.88. The molecule has 0 unspecified atom stereocenters. The highest BCUT2D eigenvalue weighted by atomic mass is 16.5. The van der Waals surface area contributed by atoms with Gasteiger partial charge in [-0.2, -0.15) is 0 Å². The first kappa shape index (κ1) is 9.59. The standard InChI is InChI=1S/C10H18O2/c1-3-12-8-9-4-6-10(11-2)7-5-9/h3,9-10H,1,4-8H2,2H3/t9-,10-. The molecule has 0 aliphatic heterocycles. The Bertz CT molecular complexity index is 126. The SMILES string of the molecule is C=COC[C@H]1CC[C@H](OC)CC1. The van der Waals surface area contributed by atoms with Crippen molar-refractivity contribution in [3.63, 3.8) is 0 Å². The summed E-state index contributed by atoms with van der Waals surface area (Å²) in [6.45, 7) is 4.36. The maximum Gasteiger partial charge on any atom is 0.0901 e. The van der Waals surface area contributed by atoms with Crippen LogP contribution in [0.3, 0.4) is 0 Å². The molecule has 0 atom stereocenters. The van der Waals surface area contributed by atoms with E-state index in [0.717, 1.165) is 12.5 Å². The van der Waals surface area contributed by atoms with Crippen molar-refractivity contribution in [3.8, 4) is 0 Å². The molecule has 0 heterocycles. The van der Waals surface area contributed by atoms with Gasteiger partial charge in [0.1, 0.15) is 0 Å². The van der Waals surface area contributed by atoms with Crippen molar-refractivity contribution in [3.05, 3.63) is 12.8 Å². The van der Waals surface area contributed by atoms with E-state index < -0.39 is 0 Å². The second kappa shape index (κ2) is 5.20. The molecule has 1 fully saturated rings. The lowest BCUT2D eigenvalue weighted by Gasteiger charge is -2.26. The molecule has 0 bridgehead atoms. The summed E-state index contributed by atoms with van der Waals surface area (Å²) in [5.74, 6) is 0.717. The predicted octanol–water partition coefficient (Wildman–Crippen LogP) is 2.35. The summed E-state index contributed by atoms with van der Waals surface area (Å²) in [5, 5.41) is 0. The highest BCUT2D eigenvalue weighted by molar-refractivity contribution is 4.72. The zero-order valence-corrected chi connectivity index (χ0v) is 7.79. The molecular formula is C10H18O2.